The van der Waals surface area contributed by atoms with E-state index in [2.05, 4.69) is 20.6 Å². The van der Waals surface area contributed by atoms with Crippen LogP contribution in [0.1, 0.15) is 21.8 Å². The Bertz CT molecular complexity index is 1010. The van der Waals surface area contributed by atoms with E-state index in [1.54, 1.807) is 46.8 Å². The van der Waals surface area contributed by atoms with E-state index in [4.69, 9.17) is 0 Å². The second kappa shape index (κ2) is 8.83. The number of aryl methyl sites for hydroxylation is 1. The molecule has 29 heavy (non-hydrogen) atoms. The van der Waals surface area contributed by atoms with E-state index in [9.17, 15) is 9.59 Å². The van der Waals surface area contributed by atoms with Gasteiger partial charge in [0.15, 0.2) is 0 Å². The van der Waals surface area contributed by atoms with E-state index in [1.165, 1.54) is 0 Å². The number of anilines is 1. The van der Waals surface area contributed by atoms with Crippen LogP contribution in [-0.4, -0.2) is 41.5 Å². The molecule has 2 aromatic heterocycles. The third-order valence-electron chi connectivity index (χ3n) is 4.66. The van der Waals surface area contributed by atoms with Crippen molar-refractivity contribution in [2.75, 3.05) is 24.5 Å². The number of rotatable bonds is 7. The first kappa shape index (κ1) is 19.1. The van der Waals surface area contributed by atoms with E-state index >= 15 is 0 Å². The SMILES string of the molecule is O=C(NCCCc1nc(-c2ccncc2)cs1)c1cccc(N2CCNC2=O)c1. The highest BCUT2D eigenvalue weighted by Gasteiger charge is 2.21. The average Bonchev–Trinajstić information content (AvgIpc) is 3.41. The molecule has 0 aliphatic carbocycles. The van der Waals surface area contributed by atoms with E-state index in [0.29, 0.717) is 25.2 Å². The number of nitrogens with zero attached hydrogens (tertiary/aromatic N) is 3. The van der Waals surface area contributed by atoms with Crippen molar-refractivity contribution in [1.82, 2.24) is 20.6 Å². The van der Waals surface area contributed by atoms with E-state index in [1.807, 2.05) is 23.6 Å². The first-order valence-electron chi connectivity index (χ1n) is 9.49. The second-order valence-corrected chi connectivity index (χ2v) is 7.60. The van der Waals surface area contributed by atoms with Crippen molar-refractivity contribution in [2.24, 2.45) is 0 Å². The van der Waals surface area contributed by atoms with Crippen LogP contribution < -0.4 is 15.5 Å². The van der Waals surface area contributed by atoms with Crippen molar-refractivity contribution in [2.45, 2.75) is 12.8 Å². The molecule has 1 fully saturated rings. The Morgan fingerprint density at radius 1 is 1.24 bits per heavy atom. The highest BCUT2D eigenvalue weighted by molar-refractivity contribution is 7.09. The third-order valence-corrected chi connectivity index (χ3v) is 5.57. The minimum atomic E-state index is -0.136. The van der Waals surface area contributed by atoms with E-state index < -0.39 is 0 Å². The summed E-state index contributed by atoms with van der Waals surface area (Å²) in [5.74, 6) is -0.136. The number of hydrogen-bond acceptors (Lipinski definition) is 5. The van der Waals surface area contributed by atoms with Gasteiger partial charge < -0.3 is 10.6 Å². The molecule has 0 bridgehead atoms. The van der Waals surface area contributed by atoms with Gasteiger partial charge in [-0.1, -0.05) is 6.07 Å². The van der Waals surface area contributed by atoms with Crippen LogP contribution in [0.2, 0.25) is 0 Å². The van der Waals surface area contributed by atoms with Gasteiger partial charge in [0, 0.05) is 60.6 Å². The number of nitrogens with one attached hydrogen (secondary N) is 2. The number of thiazole rings is 1. The molecule has 8 heteroatoms. The molecule has 7 nitrogen and oxygen atoms in total. The Balaban J connectivity index is 1.27. The van der Waals surface area contributed by atoms with Crippen molar-refractivity contribution >= 4 is 29.0 Å². The maximum absolute atomic E-state index is 12.4. The smallest absolute Gasteiger partial charge is 0.321 e. The molecule has 1 saturated heterocycles. The summed E-state index contributed by atoms with van der Waals surface area (Å²) in [6.45, 7) is 1.80. The van der Waals surface area contributed by atoms with Gasteiger partial charge in [-0.15, -0.1) is 11.3 Å². The van der Waals surface area contributed by atoms with Crippen molar-refractivity contribution in [1.29, 1.82) is 0 Å². The predicted molar refractivity (Wildman–Crippen MR) is 113 cm³/mol. The lowest BCUT2D eigenvalue weighted by Gasteiger charge is -2.15. The summed E-state index contributed by atoms with van der Waals surface area (Å²) in [4.78, 5) is 34.6. The standard InChI is InChI=1S/C21H21N5O2S/c27-20(16-3-1-4-17(13-16)26-12-11-24-21(26)28)23-8-2-5-19-25-18(14-29-19)15-6-9-22-10-7-15/h1,3-4,6-7,9-10,13-14H,2,5,8,11-12H2,(H,23,27)(H,24,28). The molecule has 3 aromatic rings. The van der Waals surface area contributed by atoms with Gasteiger partial charge in [0.25, 0.3) is 5.91 Å². The quantitative estimate of drug-likeness (QED) is 0.589. The average molecular weight is 407 g/mol. The van der Waals surface area contributed by atoms with Gasteiger partial charge in [-0.3, -0.25) is 14.7 Å². The number of amides is 3. The number of carbonyl (C=O) groups is 2. The summed E-state index contributed by atoms with van der Waals surface area (Å²) in [5, 5.41) is 8.81. The lowest BCUT2D eigenvalue weighted by molar-refractivity contribution is 0.0953. The predicted octanol–water partition coefficient (Wildman–Crippen LogP) is 3.10. The molecule has 1 aliphatic heterocycles. The first-order valence-corrected chi connectivity index (χ1v) is 10.4. The number of pyridine rings is 1. The van der Waals surface area contributed by atoms with Crippen molar-refractivity contribution < 1.29 is 9.59 Å². The molecular weight excluding hydrogens is 386 g/mol. The van der Waals surface area contributed by atoms with Crippen molar-refractivity contribution in [3.05, 3.63) is 64.7 Å². The zero-order valence-corrected chi connectivity index (χ0v) is 16.6. The Kier molecular flexibility index (Phi) is 5.81. The molecule has 3 heterocycles. The molecule has 0 unspecified atom stereocenters. The van der Waals surface area contributed by atoms with Crippen LogP contribution in [0.4, 0.5) is 10.5 Å². The fourth-order valence-electron chi connectivity index (χ4n) is 3.16. The second-order valence-electron chi connectivity index (χ2n) is 6.66. The molecule has 1 aromatic carbocycles. The Hall–Kier alpha value is -3.26. The van der Waals surface area contributed by atoms with E-state index in [0.717, 1.165) is 34.8 Å². The lowest BCUT2D eigenvalue weighted by atomic mass is 10.1. The van der Waals surface area contributed by atoms with Gasteiger partial charge in [0.05, 0.1) is 10.7 Å². The summed E-state index contributed by atoms with van der Waals surface area (Å²) >= 11 is 1.63. The van der Waals surface area contributed by atoms with Crippen LogP contribution >= 0.6 is 11.3 Å². The lowest BCUT2D eigenvalue weighted by Crippen LogP contribution is -2.28. The molecule has 1 aliphatic rings. The van der Waals surface area contributed by atoms with Crippen LogP contribution in [0, 0.1) is 0 Å². The summed E-state index contributed by atoms with van der Waals surface area (Å²) in [5.41, 5.74) is 3.30. The summed E-state index contributed by atoms with van der Waals surface area (Å²) in [6.07, 6.45) is 5.14. The molecule has 2 N–H and O–H groups in total. The zero-order chi connectivity index (χ0) is 20.1. The Labute approximate surface area is 172 Å². The van der Waals surface area contributed by atoms with E-state index in [-0.39, 0.29) is 11.9 Å². The summed E-state index contributed by atoms with van der Waals surface area (Å²) < 4.78 is 0. The van der Waals surface area contributed by atoms with Gasteiger partial charge in [0.2, 0.25) is 0 Å². The molecule has 0 spiro atoms. The molecule has 0 saturated carbocycles. The third kappa shape index (κ3) is 4.60. The first-order chi connectivity index (χ1) is 14.2. The fourth-order valence-corrected chi connectivity index (χ4v) is 4.01. The molecule has 4 rings (SSSR count). The molecular formula is C21H21N5O2S. The zero-order valence-electron chi connectivity index (χ0n) is 15.8. The normalized spacial score (nSPS) is 13.4. The maximum atomic E-state index is 12.4. The van der Waals surface area contributed by atoms with Crippen LogP contribution in [0.15, 0.2) is 54.2 Å². The maximum Gasteiger partial charge on any atom is 0.321 e. The monoisotopic (exact) mass is 407 g/mol. The number of urea groups is 1. The number of benzene rings is 1. The van der Waals surface area contributed by atoms with Gasteiger partial charge in [-0.2, -0.15) is 0 Å². The Morgan fingerprint density at radius 3 is 2.90 bits per heavy atom. The number of hydrogen-bond donors (Lipinski definition) is 2. The largest absolute Gasteiger partial charge is 0.352 e. The Morgan fingerprint density at radius 2 is 2.10 bits per heavy atom. The number of aromatic nitrogens is 2. The van der Waals surface area contributed by atoms with Crippen LogP contribution in [0.3, 0.4) is 0 Å². The van der Waals surface area contributed by atoms with Gasteiger partial charge >= 0.3 is 6.03 Å². The van der Waals surface area contributed by atoms with Crippen molar-refractivity contribution in [3.63, 3.8) is 0 Å². The van der Waals surface area contributed by atoms with Gasteiger partial charge in [-0.25, -0.2) is 9.78 Å². The van der Waals surface area contributed by atoms with Gasteiger partial charge in [0.1, 0.15) is 0 Å². The molecule has 0 radical (unpaired) electrons. The molecule has 0 atom stereocenters. The summed E-state index contributed by atoms with van der Waals surface area (Å²) in [6, 6.07) is 10.9. The minimum Gasteiger partial charge on any atom is -0.352 e. The summed E-state index contributed by atoms with van der Waals surface area (Å²) in [7, 11) is 0. The highest BCUT2D eigenvalue weighted by Crippen LogP contribution is 2.22. The van der Waals surface area contributed by atoms with Crippen molar-refractivity contribution in [3.8, 4) is 11.3 Å². The van der Waals surface area contributed by atoms with Gasteiger partial charge in [-0.05, 0) is 36.8 Å². The van der Waals surface area contributed by atoms with Crippen LogP contribution in [0.25, 0.3) is 11.3 Å². The minimum absolute atomic E-state index is 0.128. The molecule has 148 valence electrons. The highest BCUT2D eigenvalue weighted by atomic mass is 32.1. The van der Waals surface area contributed by atoms with Crippen LogP contribution in [0.5, 0.6) is 0 Å². The number of carbonyl (C=O) groups excluding carboxylic acids is 2. The molecule has 3 amide bonds. The topological polar surface area (TPSA) is 87.2 Å². The fraction of sp³-hybridized carbons (Fsp3) is 0.238. The van der Waals surface area contributed by atoms with Crippen LogP contribution in [-0.2, 0) is 6.42 Å².